The zero-order valence-electron chi connectivity index (χ0n) is 9.85. The highest BCUT2D eigenvalue weighted by atomic mass is 32.2. The number of nitrogens with two attached hydrogens (primary N) is 1. The molecule has 1 aliphatic rings. The van der Waals surface area contributed by atoms with Crippen LogP contribution in [-0.2, 0) is 14.8 Å². The Kier molecular flexibility index (Phi) is 4.32. The van der Waals surface area contributed by atoms with Gasteiger partial charge in [-0.25, -0.2) is 12.7 Å². The highest BCUT2D eigenvalue weighted by molar-refractivity contribution is 7.88. The molecule has 1 saturated carbocycles. The largest absolute Gasteiger partial charge is 0.370 e. The molecule has 94 valence electrons. The predicted molar refractivity (Wildman–Crippen MR) is 62.2 cm³/mol. The van der Waals surface area contributed by atoms with Crippen LogP contribution in [0.15, 0.2) is 0 Å². The molecule has 0 unspecified atom stereocenters. The van der Waals surface area contributed by atoms with Crippen LogP contribution in [0.25, 0.3) is 0 Å². The summed E-state index contributed by atoms with van der Waals surface area (Å²) in [4.78, 5) is 10.8. The molecule has 1 fully saturated rings. The molecule has 2 N–H and O–H groups in total. The molecule has 0 aromatic carbocycles. The number of nitrogens with zero attached hydrogens (tertiary/aromatic N) is 1. The summed E-state index contributed by atoms with van der Waals surface area (Å²) in [6.07, 6.45) is 5.06. The third-order valence-electron chi connectivity index (χ3n) is 3.34. The van der Waals surface area contributed by atoms with Crippen molar-refractivity contribution in [1.29, 1.82) is 0 Å². The Labute approximate surface area is 97.0 Å². The molecule has 0 heterocycles. The van der Waals surface area contributed by atoms with Gasteiger partial charge in [-0.05, 0) is 31.6 Å². The Morgan fingerprint density at radius 2 is 1.81 bits per heavy atom. The summed E-state index contributed by atoms with van der Waals surface area (Å²) < 4.78 is 24.1. The zero-order chi connectivity index (χ0) is 12.3. The molecule has 0 aliphatic heterocycles. The van der Waals surface area contributed by atoms with Crippen molar-refractivity contribution in [3.63, 3.8) is 0 Å². The van der Waals surface area contributed by atoms with Gasteiger partial charge < -0.3 is 5.73 Å². The minimum atomic E-state index is -3.10. The van der Waals surface area contributed by atoms with Crippen LogP contribution >= 0.6 is 0 Å². The molecule has 1 aliphatic carbocycles. The molecule has 0 radical (unpaired) electrons. The highest BCUT2D eigenvalue weighted by Gasteiger charge is 2.28. The van der Waals surface area contributed by atoms with Crippen LogP contribution in [0.1, 0.15) is 32.1 Å². The second-order valence-electron chi connectivity index (χ2n) is 4.62. The Balaban J connectivity index is 2.46. The number of amides is 1. The maximum Gasteiger partial charge on any atom is 0.217 e. The molecule has 0 spiro atoms. The lowest BCUT2D eigenvalue weighted by atomic mass is 9.84. The highest BCUT2D eigenvalue weighted by Crippen LogP contribution is 2.29. The third kappa shape index (κ3) is 3.75. The van der Waals surface area contributed by atoms with Crippen molar-refractivity contribution in [3.05, 3.63) is 0 Å². The van der Waals surface area contributed by atoms with Crippen LogP contribution in [0.4, 0.5) is 0 Å². The van der Waals surface area contributed by atoms with E-state index in [2.05, 4.69) is 0 Å². The number of rotatable bonds is 4. The van der Waals surface area contributed by atoms with E-state index in [1.54, 1.807) is 7.05 Å². The van der Waals surface area contributed by atoms with E-state index in [1.165, 1.54) is 10.6 Å². The van der Waals surface area contributed by atoms with Gasteiger partial charge in [0.05, 0.1) is 6.26 Å². The van der Waals surface area contributed by atoms with Gasteiger partial charge >= 0.3 is 0 Å². The fraction of sp³-hybridized carbons (Fsp3) is 0.900. The second kappa shape index (κ2) is 5.14. The van der Waals surface area contributed by atoms with E-state index in [0.717, 1.165) is 25.7 Å². The Bertz CT molecular complexity index is 345. The smallest absolute Gasteiger partial charge is 0.217 e. The van der Waals surface area contributed by atoms with Gasteiger partial charge in [-0.1, -0.05) is 0 Å². The average Bonchev–Trinajstić information content (AvgIpc) is 2.15. The van der Waals surface area contributed by atoms with Gasteiger partial charge in [-0.2, -0.15) is 0 Å². The van der Waals surface area contributed by atoms with E-state index in [-0.39, 0.29) is 11.9 Å². The van der Waals surface area contributed by atoms with Crippen molar-refractivity contribution >= 4 is 15.9 Å². The van der Waals surface area contributed by atoms with Crippen LogP contribution in [-0.4, -0.2) is 38.0 Å². The van der Waals surface area contributed by atoms with Gasteiger partial charge in [0, 0.05) is 19.5 Å². The van der Waals surface area contributed by atoms with Crippen molar-refractivity contribution in [2.45, 2.75) is 38.1 Å². The summed E-state index contributed by atoms with van der Waals surface area (Å²) in [6.45, 7) is 0. The lowest BCUT2D eigenvalue weighted by molar-refractivity contribution is -0.119. The van der Waals surface area contributed by atoms with Crippen LogP contribution in [0, 0.1) is 5.92 Å². The maximum atomic E-state index is 11.3. The number of carbonyl (C=O) groups excluding carboxylic acids is 1. The van der Waals surface area contributed by atoms with Crippen molar-refractivity contribution in [3.8, 4) is 0 Å². The molecule has 5 nitrogen and oxygen atoms in total. The van der Waals surface area contributed by atoms with Gasteiger partial charge in [0.25, 0.3) is 0 Å². The minimum Gasteiger partial charge on any atom is -0.370 e. The molecule has 1 amide bonds. The van der Waals surface area contributed by atoms with Crippen LogP contribution < -0.4 is 5.73 Å². The Morgan fingerprint density at radius 3 is 2.19 bits per heavy atom. The van der Waals surface area contributed by atoms with Gasteiger partial charge in [-0.15, -0.1) is 0 Å². The summed E-state index contributed by atoms with van der Waals surface area (Å²) in [5, 5.41) is 0. The van der Waals surface area contributed by atoms with Gasteiger partial charge in [0.1, 0.15) is 0 Å². The topological polar surface area (TPSA) is 80.5 Å². The van der Waals surface area contributed by atoms with Crippen LogP contribution in [0.3, 0.4) is 0 Å². The lowest BCUT2D eigenvalue weighted by Crippen LogP contribution is -2.39. The average molecular weight is 248 g/mol. The number of primary amides is 1. The lowest BCUT2D eigenvalue weighted by Gasteiger charge is -2.32. The molecular weight excluding hydrogens is 228 g/mol. The van der Waals surface area contributed by atoms with Gasteiger partial charge in [0.2, 0.25) is 15.9 Å². The molecule has 1 rings (SSSR count). The molecule has 0 atom stereocenters. The molecule has 0 aromatic rings. The van der Waals surface area contributed by atoms with E-state index in [4.69, 9.17) is 5.73 Å². The maximum absolute atomic E-state index is 11.3. The van der Waals surface area contributed by atoms with E-state index in [9.17, 15) is 13.2 Å². The SMILES string of the molecule is CN(C1CCC(CC(N)=O)CC1)S(C)(=O)=O. The van der Waals surface area contributed by atoms with Gasteiger partial charge in [0.15, 0.2) is 0 Å². The molecule has 0 bridgehead atoms. The normalized spacial score (nSPS) is 26.9. The molecular formula is C10H20N2O3S. The van der Waals surface area contributed by atoms with Crippen molar-refractivity contribution in [2.75, 3.05) is 13.3 Å². The summed E-state index contributed by atoms with van der Waals surface area (Å²) in [5.74, 6) is 0.0710. The zero-order valence-corrected chi connectivity index (χ0v) is 10.7. The number of hydrogen-bond acceptors (Lipinski definition) is 3. The quantitative estimate of drug-likeness (QED) is 0.777. The standard InChI is InChI=1S/C10H20N2O3S/c1-12(16(2,14)15)9-5-3-8(4-6-9)7-10(11)13/h8-9H,3-7H2,1-2H3,(H2,11,13). The molecule has 0 saturated heterocycles. The number of carbonyl (C=O) groups is 1. The van der Waals surface area contributed by atoms with E-state index in [0.29, 0.717) is 12.3 Å². The number of hydrogen-bond donors (Lipinski definition) is 1. The molecule has 6 heteroatoms. The Hall–Kier alpha value is -0.620. The second-order valence-corrected chi connectivity index (χ2v) is 6.67. The van der Waals surface area contributed by atoms with Gasteiger partial charge in [-0.3, -0.25) is 4.79 Å². The monoisotopic (exact) mass is 248 g/mol. The summed E-state index contributed by atoms with van der Waals surface area (Å²) >= 11 is 0. The fourth-order valence-corrected chi connectivity index (χ4v) is 3.02. The van der Waals surface area contributed by atoms with Crippen LogP contribution in [0.2, 0.25) is 0 Å². The summed E-state index contributed by atoms with van der Waals surface area (Å²) in [6, 6.07) is 0.0825. The Morgan fingerprint density at radius 1 is 1.31 bits per heavy atom. The van der Waals surface area contributed by atoms with Crippen LogP contribution in [0.5, 0.6) is 0 Å². The molecule has 16 heavy (non-hydrogen) atoms. The van der Waals surface area contributed by atoms with Crippen molar-refractivity contribution in [2.24, 2.45) is 11.7 Å². The number of sulfonamides is 1. The van der Waals surface area contributed by atoms with E-state index >= 15 is 0 Å². The fourth-order valence-electron chi connectivity index (χ4n) is 2.27. The first kappa shape index (κ1) is 13.4. The summed E-state index contributed by atoms with van der Waals surface area (Å²) in [5.41, 5.74) is 5.14. The minimum absolute atomic E-state index is 0.0825. The first-order valence-corrected chi connectivity index (χ1v) is 7.37. The van der Waals surface area contributed by atoms with E-state index in [1.807, 2.05) is 0 Å². The van der Waals surface area contributed by atoms with E-state index < -0.39 is 10.0 Å². The first-order chi connectivity index (χ1) is 7.30. The predicted octanol–water partition coefficient (Wildman–Crippen LogP) is 0.312. The van der Waals surface area contributed by atoms with Crippen molar-refractivity contribution < 1.29 is 13.2 Å². The first-order valence-electron chi connectivity index (χ1n) is 5.52. The summed E-state index contributed by atoms with van der Waals surface area (Å²) in [7, 11) is -1.48. The molecule has 0 aromatic heterocycles. The van der Waals surface area contributed by atoms with Crippen molar-refractivity contribution in [1.82, 2.24) is 4.31 Å². The third-order valence-corrected chi connectivity index (χ3v) is 4.69.